The maximum absolute atomic E-state index is 13.1. The molecule has 2 rings (SSSR count). The van der Waals surface area contributed by atoms with E-state index in [1.165, 1.54) is 4.67 Å². The van der Waals surface area contributed by atoms with Gasteiger partial charge in [-0.3, -0.25) is 9.36 Å². The zero-order chi connectivity index (χ0) is 13.9. The maximum atomic E-state index is 13.1. The number of benzene rings is 1. The fourth-order valence-corrected chi connectivity index (χ4v) is 4.51. The number of hydrogen-bond donors (Lipinski definition) is 1. The third-order valence-corrected chi connectivity index (χ3v) is 6.02. The van der Waals surface area contributed by atoms with Crippen molar-refractivity contribution >= 4 is 34.7 Å². The molecule has 0 radical (unpaired) electrons. The van der Waals surface area contributed by atoms with Crippen molar-refractivity contribution in [2.24, 2.45) is 0 Å². The van der Waals surface area contributed by atoms with Crippen LogP contribution in [0.1, 0.15) is 12.8 Å². The second-order valence-corrected chi connectivity index (χ2v) is 7.62. The van der Waals surface area contributed by atoms with Crippen LogP contribution < -0.4 is 5.30 Å². The van der Waals surface area contributed by atoms with Gasteiger partial charge in [-0.15, -0.1) is 0 Å². The van der Waals surface area contributed by atoms with Gasteiger partial charge in [0.2, 0.25) is 0 Å². The van der Waals surface area contributed by atoms with E-state index < -0.39 is 13.5 Å². The minimum absolute atomic E-state index is 0.270. The molecule has 0 saturated carbocycles. The number of carboxylic acid groups (broad SMARTS) is 1. The highest BCUT2D eigenvalue weighted by atomic mass is 79.9. The fourth-order valence-electron chi connectivity index (χ4n) is 1.99. The summed E-state index contributed by atoms with van der Waals surface area (Å²) in [6.07, 6.45) is 1.57. The summed E-state index contributed by atoms with van der Waals surface area (Å²) in [5.41, 5.74) is 0. The van der Waals surface area contributed by atoms with E-state index in [9.17, 15) is 9.36 Å². The van der Waals surface area contributed by atoms with E-state index in [-0.39, 0.29) is 6.54 Å². The monoisotopic (exact) mass is 347 g/mol. The number of aliphatic carboxylic acids is 1. The van der Waals surface area contributed by atoms with E-state index in [0.717, 1.165) is 17.3 Å². The topological polar surface area (TPSA) is 66.8 Å². The SMILES string of the molecule is O=C(O)CN1CCCCOP1(=O)c1ccc(Br)cc1. The fraction of sp³-hybridized carbons (Fsp3) is 0.417. The summed E-state index contributed by atoms with van der Waals surface area (Å²) in [6, 6.07) is 6.99. The molecule has 0 spiro atoms. The molecule has 19 heavy (non-hydrogen) atoms. The van der Waals surface area contributed by atoms with Crippen molar-refractivity contribution in [1.29, 1.82) is 0 Å². The summed E-state index contributed by atoms with van der Waals surface area (Å²) in [4.78, 5) is 10.9. The highest BCUT2D eigenvalue weighted by Gasteiger charge is 2.36. The molecule has 1 atom stereocenters. The lowest BCUT2D eigenvalue weighted by Gasteiger charge is -2.27. The molecule has 5 nitrogen and oxygen atoms in total. The van der Waals surface area contributed by atoms with Crippen molar-refractivity contribution < 1.29 is 19.0 Å². The van der Waals surface area contributed by atoms with Gasteiger partial charge in [-0.25, -0.2) is 4.67 Å². The zero-order valence-corrected chi connectivity index (χ0v) is 12.8. The maximum Gasteiger partial charge on any atom is 0.318 e. The van der Waals surface area contributed by atoms with Crippen molar-refractivity contribution in [3.8, 4) is 0 Å². The third-order valence-electron chi connectivity index (χ3n) is 2.92. The van der Waals surface area contributed by atoms with Gasteiger partial charge in [0, 0.05) is 11.0 Å². The standard InChI is InChI=1S/C12H15BrNO4P/c13-10-3-5-11(6-4-10)19(17)14(9-12(15)16)7-1-2-8-18-19/h3-6H,1-2,7-9H2,(H,15,16). The Balaban J connectivity index is 2.36. The van der Waals surface area contributed by atoms with Gasteiger partial charge in [-0.1, -0.05) is 15.9 Å². The van der Waals surface area contributed by atoms with E-state index in [2.05, 4.69) is 15.9 Å². The minimum Gasteiger partial charge on any atom is -0.480 e. The first-order valence-corrected chi connectivity index (χ1v) is 8.37. The van der Waals surface area contributed by atoms with Gasteiger partial charge in [0.15, 0.2) is 0 Å². The Labute approximate surface area is 120 Å². The Bertz CT molecular complexity index is 505. The first kappa shape index (κ1) is 14.7. The smallest absolute Gasteiger partial charge is 0.318 e. The van der Waals surface area contributed by atoms with Crippen LogP contribution in [0.15, 0.2) is 28.7 Å². The number of nitrogens with zero attached hydrogens (tertiary/aromatic N) is 1. The number of carbonyl (C=O) groups is 1. The van der Waals surface area contributed by atoms with Gasteiger partial charge in [-0.05, 0) is 37.1 Å². The highest BCUT2D eigenvalue weighted by Crippen LogP contribution is 2.51. The molecule has 0 aliphatic carbocycles. The predicted octanol–water partition coefficient (Wildman–Crippen LogP) is 2.46. The molecule has 1 unspecified atom stereocenters. The van der Waals surface area contributed by atoms with Crippen LogP contribution in [0.4, 0.5) is 0 Å². The van der Waals surface area contributed by atoms with E-state index in [0.29, 0.717) is 18.5 Å². The minimum atomic E-state index is -3.26. The Hall–Kier alpha value is -0.680. The van der Waals surface area contributed by atoms with E-state index >= 15 is 0 Å². The number of carboxylic acids is 1. The first-order valence-electron chi connectivity index (χ1n) is 6.00. The highest BCUT2D eigenvalue weighted by molar-refractivity contribution is 9.10. The second-order valence-electron chi connectivity index (χ2n) is 4.32. The molecule has 1 heterocycles. The van der Waals surface area contributed by atoms with Crippen LogP contribution in [0, 0.1) is 0 Å². The van der Waals surface area contributed by atoms with E-state index in [1.54, 1.807) is 24.3 Å². The molecule has 0 bridgehead atoms. The van der Waals surface area contributed by atoms with Gasteiger partial charge in [0.25, 0.3) is 0 Å². The lowest BCUT2D eigenvalue weighted by molar-refractivity contribution is -0.137. The normalized spacial score (nSPS) is 24.9. The van der Waals surface area contributed by atoms with Crippen LogP contribution in [-0.4, -0.2) is 35.4 Å². The molecule has 1 aromatic carbocycles. The molecular formula is C12H15BrNO4P. The van der Waals surface area contributed by atoms with E-state index in [4.69, 9.17) is 9.63 Å². The molecule has 1 saturated heterocycles. The average molecular weight is 348 g/mol. The largest absolute Gasteiger partial charge is 0.480 e. The molecular weight excluding hydrogens is 333 g/mol. The zero-order valence-electron chi connectivity index (χ0n) is 10.3. The molecule has 1 fully saturated rings. The quantitative estimate of drug-likeness (QED) is 0.850. The lowest BCUT2D eigenvalue weighted by Crippen LogP contribution is -2.31. The summed E-state index contributed by atoms with van der Waals surface area (Å²) in [5, 5.41) is 9.50. The van der Waals surface area contributed by atoms with Crippen LogP contribution in [-0.2, 0) is 13.9 Å². The molecule has 7 heteroatoms. The first-order chi connectivity index (χ1) is 9.02. The molecule has 0 amide bonds. The summed E-state index contributed by atoms with van der Waals surface area (Å²) in [7, 11) is -3.26. The van der Waals surface area contributed by atoms with Crippen LogP contribution >= 0.6 is 23.4 Å². The Morgan fingerprint density at radius 3 is 2.68 bits per heavy atom. The summed E-state index contributed by atoms with van der Waals surface area (Å²) >= 11 is 3.32. The van der Waals surface area contributed by atoms with Crippen molar-refractivity contribution in [2.75, 3.05) is 19.7 Å². The second kappa shape index (κ2) is 6.18. The Kier molecular flexibility index (Phi) is 4.79. The van der Waals surface area contributed by atoms with Gasteiger partial charge in [-0.2, -0.15) is 0 Å². The number of hydrogen-bond acceptors (Lipinski definition) is 3. The molecule has 1 N–H and O–H groups in total. The summed E-state index contributed by atoms with van der Waals surface area (Å²) in [5.74, 6) is -0.997. The van der Waals surface area contributed by atoms with Crippen LogP contribution in [0.5, 0.6) is 0 Å². The van der Waals surface area contributed by atoms with E-state index in [1.807, 2.05) is 0 Å². The lowest BCUT2D eigenvalue weighted by atomic mass is 10.3. The van der Waals surface area contributed by atoms with Crippen LogP contribution in [0.3, 0.4) is 0 Å². The van der Waals surface area contributed by atoms with Crippen molar-refractivity contribution in [2.45, 2.75) is 12.8 Å². The van der Waals surface area contributed by atoms with Crippen LogP contribution in [0.2, 0.25) is 0 Å². The average Bonchev–Trinajstić information content (AvgIpc) is 2.53. The van der Waals surface area contributed by atoms with Crippen molar-refractivity contribution in [3.05, 3.63) is 28.7 Å². The molecule has 1 aliphatic heterocycles. The van der Waals surface area contributed by atoms with Gasteiger partial charge in [0.05, 0.1) is 11.9 Å². The third kappa shape index (κ3) is 3.45. The van der Waals surface area contributed by atoms with Crippen LogP contribution in [0.25, 0.3) is 0 Å². The number of halogens is 1. The summed E-state index contributed by atoms with van der Waals surface area (Å²) < 4.78 is 20.9. The number of rotatable bonds is 3. The molecule has 1 aliphatic rings. The molecule has 0 aromatic heterocycles. The van der Waals surface area contributed by atoms with Gasteiger partial charge < -0.3 is 9.63 Å². The Morgan fingerprint density at radius 2 is 2.05 bits per heavy atom. The Morgan fingerprint density at radius 1 is 1.37 bits per heavy atom. The molecule has 104 valence electrons. The van der Waals surface area contributed by atoms with Crippen molar-refractivity contribution in [3.63, 3.8) is 0 Å². The van der Waals surface area contributed by atoms with Gasteiger partial charge in [0.1, 0.15) is 6.54 Å². The predicted molar refractivity (Wildman–Crippen MR) is 75.8 cm³/mol. The molecule has 1 aromatic rings. The summed E-state index contributed by atoms with van der Waals surface area (Å²) in [6.45, 7) is 0.594. The van der Waals surface area contributed by atoms with Gasteiger partial charge >= 0.3 is 13.5 Å². The van der Waals surface area contributed by atoms with Crippen molar-refractivity contribution in [1.82, 2.24) is 4.67 Å².